The zero-order valence-electron chi connectivity index (χ0n) is 16.1. The summed E-state index contributed by atoms with van der Waals surface area (Å²) in [6.45, 7) is 3.28. The number of aromatic nitrogens is 2. The maximum absolute atomic E-state index is 12.8. The van der Waals surface area contributed by atoms with Crippen LogP contribution in [-0.4, -0.2) is 41.0 Å². The van der Waals surface area contributed by atoms with Crippen LogP contribution in [0.25, 0.3) is 0 Å². The van der Waals surface area contributed by atoms with Gasteiger partial charge in [-0.15, -0.1) is 11.3 Å². The molecule has 4 rings (SSSR count). The number of aryl methyl sites for hydroxylation is 1. The Labute approximate surface area is 168 Å². The van der Waals surface area contributed by atoms with Gasteiger partial charge in [-0.3, -0.25) is 4.79 Å². The van der Waals surface area contributed by atoms with Crippen molar-refractivity contribution >= 4 is 17.2 Å². The van der Waals surface area contributed by atoms with Crippen molar-refractivity contribution in [3.05, 3.63) is 63.8 Å². The predicted octanol–water partition coefficient (Wildman–Crippen LogP) is 4.06. The van der Waals surface area contributed by atoms with E-state index in [4.69, 9.17) is 9.15 Å². The normalized spacial score (nSPS) is 16.9. The summed E-state index contributed by atoms with van der Waals surface area (Å²) in [6.07, 6.45) is 4.38. The SMILES string of the molecule is COc1cccc(Cc2cnc([C@H]3CCCN(C(=O)c4scnc4C)C3)o2)c1. The number of ether oxygens (including phenoxy) is 1. The highest BCUT2D eigenvalue weighted by Crippen LogP contribution is 2.29. The van der Waals surface area contributed by atoms with Crippen LogP contribution in [0, 0.1) is 6.92 Å². The number of carbonyl (C=O) groups excluding carboxylic acids is 1. The van der Waals surface area contributed by atoms with E-state index in [9.17, 15) is 4.79 Å². The quantitative estimate of drug-likeness (QED) is 0.649. The highest BCUT2D eigenvalue weighted by Gasteiger charge is 2.29. The highest BCUT2D eigenvalue weighted by molar-refractivity contribution is 7.11. The van der Waals surface area contributed by atoms with Gasteiger partial charge in [0.1, 0.15) is 16.4 Å². The summed E-state index contributed by atoms with van der Waals surface area (Å²) < 4.78 is 11.3. The molecule has 0 bridgehead atoms. The Morgan fingerprint density at radius 3 is 3.07 bits per heavy atom. The topological polar surface area (TPSA) is 68.5 Å². The summed E-state index contributed by atoms with van der Waals surface area (Å²) >= 11 is 1.41. The summed E-state index contributed by atoms with van der Waals surface area (Å²) in [7, 11) is 1.66. The number of nitrogens with zero attached hydrogens (tertiary/aromatic N) is 3. The van der Waals surface area contributed by atoms with Crippen LogP contribution in [0.15, 0.2) is 40.4 Å². The Morgan fingerprint density at radius 2 is 2.29 bits per heavy atom. The molecule has 0 radical (unpaired) electrons. The molecule has 0 N–H and O–H groups in total. The van der Waals surface area contributed by atoms with E-state index in [1.807, 2.05) is 36.1 Å². The average Bonchev–Trinajstić information content (AvgIpc) is 3.37. The molecule has 0 spiro atoms. The Bertz CT molecular complexity index is 965. The van der Waals surface area contributed by atoms with Gasteiger partial charge in [0, 0.05) is 19.5 Å². The first-order chi connectivity index (χ1) is 13.6. The first-order valence-corrected chi connectivity index (χ1v) is 10.3. The molecule has 1 saturated heterocycles. The van der Waals surface area contributed by atoms with Crippen molar-refractivity contribution in [1.82, 2.24) is 14.9 Å². The molecule has 2 aromatic heterocycles. The van der Waals surface area contributed by atoms with E-state index in [0.29, 0.717) is 13.0 Å². The summed E-state index contributed by atoms with van der Waals surface area (Å²) in [4.78, 5) is 24.1. The number of carbonyl (C=O) groups is 1. The fourth-order valence-electron chi connectivity index (χ4n) is 3.59. The molecule has 1 aromatic carbocycles. The van der Waals surface area contributed by atoms with E-state index in [1.54, 1.807) is 18.8 Å². The maximum Gasteiger partial charge on any atom is 0.265 e. The third kappa shape index (κ3) is 3.94. The van der Waals surface area contributed by atoms with E-state index >= 15 is 0 Å². The molecule has 0 aliphatic carbocycles. The lowest BCUT2D eigenvalue weighted by molar-refractivity contribution is 0.0702. The van der Waals surface area contributed by atoms with Gasteiger partial charge in [-0.05, 0) is 37.5 Å². The fraction of sp³-hybridized carbons (Fsp3) is 0.381. The standard InChI is InChI=1S/C21H23N3O3S/c1-14-19(28-13-23-14)21(25)24-8-4-6-16(12-24)20-22-11-18(27-20)10-15-5-3-7-17(9-15)26-2/h3,5,7,9,11,13,16H,4,6,8,10,12H2,1-2H3/t16-/m0/s1. The Morgan fingerprint density at radius 1 is 1.39 bits per heavy atom. The Hall–Kier alpha value is -2.67. The van der Waals surface area contributed by atoms with Gasteiger partial charge in [-0.1, -0.05) is 12.1 Å². The Kier molecular flexibility index (Phi) is 5.43. The van der Waals surface area contributed by atoms with E-state index in [-0.39, 0.29) is 11.8 Å². The van der Waals surface area contributed by atoms with Gasteiger partial charge >= 0.3 is 0 Å². The van der Waals surface area contributed by atoms with Crippen LogP contribution in [-0.2, 0) is 6.42 Å². The number of thiazole rings is 1. The van der Waals surface area contributed by atoms with Crippen molar-refractivity contribution < 1.29 is 13.9 Å². The molecule has 1 atom stereocenters. The number of amides is 1. The molecule has 3 heterocycles. The van der Waals surface area contributed by atoms with Gasteiger partial charge in [0.05, 0.1) is 30.4 Å². The molecule has 1 fully saturated rings. The second-order valence-electron chi connectivity index (χ2n) is 7.05. The molecule has 3 aromatic rings. The van der Waals surface area contributed by atoms with Crippen LogP contribution >= 0.6 is 11.3 Å². The summed E-state index contributed by atoms with van der Waals surface area (Å²) in [5, 5.41) is 0. The minimum absolute atomic E-state index is 0.0628. The molecular weight excluding hydrogens is 374 g/mol. The van der Waals surface area contributed by atoms with Gasteiger partial charge in [0.15, 0.2) is 5.89 Å². The number of benzene rings is 1. The minimum atomic E-state index is 0.0628. The van der Waals surface area contributed by atoms with E-state index < -0.39 is 0 Å². The third-order valence-corrected chi connectivity index (χ3v) is 6.00. The fourth-order valence-corrected chi connectivity index (χ4v) is 4.36. The number of rotatable bonds is 5. The molecule has 28 heavy (non-hydrogen) atoms. The molecule has 0 unspecified atom stereocenters. The molecular formula is C21H23N3O3S. The number of hydrogen-bond donors (Lipinski definition) is 0. The Balaban J connectivity index is 1.44. The van der Waals surface area contributed by atoms with Crippen molar-refractivity contribution in [2.24, 2.45) is 0 Å². The lowest BCUT2D eigenvalue weighted by Gasteiger charge is -2.31. The van der Waals surface area contributed by atoms with E-state index in [0.717, 1.165) is 52.9 Å². The van der Waals surface area contributed by atoms with Crippen LogP contribution in [0.3, 0.4) is 0 Å². The smallest absolute Gasteiger partial charge is 0.265 e. The van der Waals surface area contributed by atoms with E-state index in [2.05, 4.69) is 9.97 Å². The highest BCUT2D eigenvalue weighted by atomic mass is 32.1. The molecule has 1 amide bonds. The van der Waals surface area contributed by atoms with Crippen molar-refractivity contribution in [2.75, 3.05) is 20.2 Å². The van der Waals surface area contributed by atoms with Crippen LogP contribution < -0.4 is 4.74 Å². The van der Waals surface area contributed by atoms with Gasteiger partial charge in [0.25, 0.3) is 5.91 Å². The zero-order valence-corrected chi connectivity index (χ0v) is 16.9. The average molecular weight is 398 g/mol. The second kappa shape index (κ2) is 8.14. The summed E-state index contributed by atoms with van der Waals surface area (Å²) in [5.41, 5.74) is 3.64. The molecule has 0 saturated carbocycles. The van der Waals surface area contributed by atoms with Crippen LogP contribution in [0.2, 0.25) is 0 Å². The monoisotopic (exact) mass is 397 g/mol. The molecule has 7 heteroatoms. The predicted molar refractivity (Wildman–Crippen MR) is 107 cm³/mol. The number of piperidine rings is 1. The molecule has 1 aliphatic rings. The number of methoxy groups -OCH3 is 1. The number of likely N-dealkylation sites (tertiary alicyclic amines) is 1. The molecule has 6 nitrogen and oxygen atoms in total. The van der Waals surface area contributed by atoms with Crippen molar-refractivity contribution in [2.45, 2.75) is 32.1 Å². The first kappa shape index (κ1) is 18.7. The van der Waals surface area contributed by atoms with Gasteiger partial charge in [0.2, 0.25) is 0 Å². The van der Waals surface area contributed by atoms with E-state index in [1.165, 1.54) is 11.3 Å². The first-order valence-electron chi connectivity index (χ1n) is 9.41. The number of oxazole rings is 1. The summed E-state index contributed by atoms with van der Waals surface area (Å²) in [6, 6.07) is 7.94. The zero-order chi connectivity index (χ0) is 19.5. The van der Waals surface area contributed by atoms with Crippen molar-refractivity contribution in [3.63, 3.8) is 0 Å². The maximum atomic E-state index is 12.8. The van der Waals surface area contributed by atoms with Gasteiger partial charge in [-0.25, -0.2) is 9.97 Å². The lowest BCUT2D eigenvalue weighted by Crippen LogP contribution is -2.39. The largest absolute Gasteiger partial charge is 0.497 e. The third-order valence-electron chi connectivity index (χ3n) is 5.08. The van der Waals surface area contributed by atoms with Gasteiger partial charge < -0.3 is 14.1 Å². The molecule has 146 valence electrons. The number of hydrogen-bond acceptors (Lipinski definition) is 6. The minimum Gasteiger partial charge on any atom is -0.497 e. The van der Waals surface area contributed by atoms with Gasteiger partial charge in [-0.2, -0.15) is 0 Å². The van der Waals surface area contributed by atoms with Crippen LogP contribution in [0.5, 0.6) is 5.75 Å². The van der Waals surface area contributed by atoms with Crippen LogP contribution in [0.4, 0.5) is 0 Å². The summed E-state index contributed by atoms with van der Waals surface area (Å²) in [5.74, 6) is 2.57. The molecule has 1 aliphatic heterocycles. The van der Waals surface area contributed by atoms with Crippen LogP contribution in [0.1, 0.15) is 51.3 Å². The lowest BCUT2D eigenvalue weighted by atomic mass is 9.98. The second-order valence-corrected chi connectivity index (χ2v) is 7.91. The van der Waals surface area contributed by atoms with Crippen molar-refractivity contribution in [3.8, 4) is 5.75 Å². The van der Waals surface area contributed by atoms with Crippen molar-refractivity contribution in [1.29, 1.82) is 0 Å².